The highest BCUT2D eigenvalue weighted by molar-refractivity contribution is 5.45. The van der Waals surface area contributed by atoms with E-state index in [0.29, 0.717) is 0 Å². The second-order valence-corrected chi connectivity index (χ2v) is 7.10. The summed E-state index contributed by atoms with van der Waals surface area (Å²) >= 11 is 0. The second kappa shape index (κ2) is 5.54. The molecule has 1 saturated heterocycles. The molecule has 1 fully saturated rings. The molecular formula is C16H27N5. The van der Waals surface area contributed by atoms with Crippen LogP contribution >= 0.6 is 0 Å². The first-order valence-electron chi connectivity index (χ1n) is 8.02. The van der Waals surface area contributed by atoms with Crippen LogP contribution in [-0.4, -0.2) is 53.1 Å². The van der Waals surface area contributed by atoms with Crippen LogP contribution < -0.4 is 10.2 Å². The van der Waals surface area contributed by atoms with E-state index in [2.05, 4.69) is 42.8 Å². The SMILES string of the molecule is Cc1nc2c(nc1N1CCN(C(C)(C)C)CC1)CCNC2. The molecule has 0 atom stereocenters. The summed E-state index contributed by atoms with van der Waals surface area (Å²) in [6.07, 6.45) is 0.998. The Hall–Kier alpha value is -1.20. The smallest absolute Gasteiger partial charge is 0.150 e. The summed E-state index contributed by atoms with van der Waals surface area (Å²) in [7, 11) is 0. The number of aromatic nitrogens is 2. The Morgan fingerprint density at radius 3 is 2.38 bits per heavy atom. The monoisotopic (exact) mass is 289 g/mol. The fourth-order valence-electron chi connectivity index (χ4n) is 3.23. The highest BCUT2D eigenvalue weighted by atomic mass is 15.3. The molecule has 0 saturated carbocycles. The molecule has 0 aromatic carbocycles. The molecule has 1 aromatic rings. The molecule has 5 nitrogen and oxygen atoms in total. The molecule has 0 spiro atoms. The number of hydrogen-bond donors (Lipinski definition) is 1. The van der Waals surface area contributed by atoms with Crippen LogP contribution in [0.3, 0.4) is 0 Å². The molecule has 1 aromatic heterocycles. The molecular weight excluding hydrogens is 262 g/mol. The van der Waals surface area contributed by atoms with Crippen molar-refractivity contribution in [1.82, 2.24) is 20.2 Å². The minimum Gasteiger partial charge on any atom is -0.353 e. The number of rotatable bonds is 1. The lowest BCUT2D eigenvalue weighted by molar-refractivity contribution is 0.128. The third-order valence-electron chi connectivity index (χ3n) is 4.56. The minimum atomic E-state index is 0.258. The van der Waals surface area contributed by atoms with Gasteiger partial charge in [0.1, 0.15) is 5.82 Å². The summed E-state index contributed by atoms with van der Waals surface area (Å²) < 4.78 is 0. The quantitative estimate of drug-likeness (QED) is 0.845. The third kappa shape index (κ3) is 3.04. The molecule has 21 heavy (non-hydrogen) atoms. The average molecular weight is 289 g/mol. The van der Waals surface area contributed by atoms with Crippen molar-refractivity contribution in [3.05, 3.63) is 17.1 Å². The maximum Gasteiger partial charge on any atom is 0.150 e. The van der Waals surface area contributed by atoms with Gasteiger partial charge in [0.25, 0.3) is 0 Å². The number of fused-ring (bicyclic) bond motifs is 1. The number of aryl methyl sites for hydroxylation is 1. The summed E-state index contributed by atoms with van der Waals surface area (Å²) in [5.74, 6) is 1.10. The van der Waals surface area contributed by atoms with Gasteiger partial charge in [-0.3, -0.25) is 9.88 Å². The van der Waals surface area contributed by atoms with Gasteiger partial charge in [-0.25, -0.2) is 4.98 Å². The molecule has 2 aliphatic rings. The van der Waals surface area contributed by atoms with Gasteiger partial charge in [-0.2, -0.15) is 0 Å². The van der Waals surface area contributed by atoms with Crippen molar-refractivity contribution in [1.29, 1.82) is 0 Å². The van der Waals surface area contributed by atoms with Crippen molar-refractivity contribution in [2.75, 3.05) is 37.6 Å². The molecule has 0 unspecified atom stereocenters. The Balaban J connectivity index is 1.76. The van der Waals surface area contributed by atoms with Crippen LogP contribution in [0.2, 0.25) is 0 Å². The van der Waals surface area contributed by atoms with Crippen LogP contribution in [0.15, 0.2) is 0 Å². The normalized spacial score (nSPS) is 20.5. The van der Waals surface area contributed by atoms with Gasteiger partial charge in [0, 0.05) is 51.2 Å². The Bertz CT molecular complexity index is 512. The zero-order valence-corrected chi connectivity index (χ0v) is 13.7. The van der Waals surface area contributed by atoms with E-state index in [1.165, 1.54) is 5.69 Å². The molecule has 0 bridgehead atoms. The van der Waals surface area contributed by atoms with Crippen molar-refractivity contribution >= 4 is 5.82 Å². The van der Waals surface area contributed by atoms with Crippen LogP contribution in [0.1, 0.15) is 37.9 Å². The van der Waals surface area contributed by atoms with E-state index < -0.39 is 0 Å². The lowest BCUT2D eigenvalue weighted by Crippen LogP contribution is -2.53. The fourth-order valence-corrected chi connectivity index (χ4v) is 3.23. The van der Waals surface area contributed by atoms with Gasteiger partial charge >= 0.3 is 0 Å². The number of nitrogens with zero attached hydrogens (tertiary/aromatic N) is 4. The molecule has 1 N–H and O–H groups in total. The van der Waals surface area contributed by atoms with E-state index in [1.807, 2.05) is 0 Å². The van der Waals surface area contributed by atoms with Crippen molar-refractivity contribution < 1.29 is 0 Å². The van der Waals surface area contributed by atoms with Gasteiger partial charge in [0.15, 0.2) is 0 Å². The molecule has 0 amide bonds. The first-order valence-corrected chi connectivity index (χ1v) is 8.02. The number of nitrogens with one attached hydrogen (secondary N) is 1. The van der Waals surface area contributed by atoms with E-state index in [0.717, 1.165) is 62.9 Å². The standard InChI is InChI=1S/C16H27N5/c1-12-15(19-13-5-6-17-11-14(13)18-12)20-7-9-21(10-8-20)16(2,3)4/h17H,5-11H2,1-4H3. The van der Waals surface area contributed by atoms with E-state index in [1.54, 1.807) is 0 Å². The summed E-state index contributed by atoms with van der Waals surface area (Å²) in [5, 5.41) is 3.37. The molecule has 2 aliphatic heterocycles. The Morgan fingerprint density at radius 2 is 1.71 bits per heavy atom. The summed E-state index contributed by atoms with van der Waals surface area (Å²) in [6, 6.07) is 0. The second-order valence-electron chi connectivity index (χ2n) is 7.10. The lowest BCUT2D eigenvalue weighted by atomic mass is 10.0. The molecule has 3 heterocycles. The molecule has 0 aliphatic carbocycles. The van der Waals surface area contributed by atoms with E-state index in [9.17, 15) is 0 Å². The van der Waals surface area contributed by atoms with E-state index in [4.69, 9.17) is 9.97 Å². The number of piperazine rings is 1. The fraction of sp³-hybridized carbons (Fsp3) is 0.750. The van der Waals surface area contributed by atoms with Gasteiger partial charge in [-0.05, 0) is 27.7 Å². The van der Waals surface area contributed by atoms with Crippen molar-refractivity contribution in [3.8, 4) is 0 Å². The number of anilines is 1. The highest BCUT2D eigenvalue weighted by Crippen LogP contribution is 2.23. The van der Waals surface area contributed by atoms with Crippen LogP contribution in [0.4, 0.5) is 5.82 Å². The van der Waals surface area contributed by atoms with Gasteiger partial charge in [0.2, 0.25) is 0 Å². The summed E-state index contributed by atoms with van der Waals surface area (Å²) in [4.78, 5) is 14.7. The van der Waals surface area contributed by atoms with E-state index >= 15 is 0 Å². The lowest BCUT2D eigenvalue weighted by Gasteiger charge is -2.43. The number of hydrogen-bond acceptors (Lipinski definition) is 5. The maximum atomic E-state index is 4.93. The maximum absolute atomic E-state index is 4.93. The van der Waals surface area contributed by atoms with Crippen LogP contribution in [0.25, 0.3) is 0 Å². The van der Waals surface area contributed by atoms with Crippen LogP contribution in [0, 0.1) is 6.92 Å². The van der Waals surface area contributed by atoms with Crippen molar-refractivity contribution in [2.24, 2.45) is 0 Å². The predicted molar refractivity (Wildman–Crippen MR) is 85.7 cm³/mol. The average Bonchev–Trinajstić information content (AvgIpc) is 2.46. The Morgan fingerprint density at radius 1 is 1.00 bits per heavy atom. The Labute approximate surface area is 127 Å². The summed E-state index contributed by atoms with van der Waals surface area (Å²) in [6.45, 7) is 15.1. The van der Waals surface area contributed by atoms with Crippen molar-refractivity contribution in [2.45, 2.75) is 46.2 Å². The molecule has 116 valence electrons. The van der Waals surface area contributed by atoms with Crippen molar-refractivity contribution in [3.63, 3.8) is 0 Å². The molecule has 3 rings (SSSR count). The largest absolute Gasteiger partial charge is 0.353 e. The first kappa shape index (κ1) is 14.7. The zero-order chi connectivity index (χ0) is 15.0. The van der Waals surface area contributed by atoms with Gasteiger partial charge in [-0.15, -0.1) is 0 Å². The van der Waals surface area contributed by atoms with Gasteiger partial charge < -0.3 is 10.2 Å². The van der Waals surface area contributed by atoms with Crippen LogP contribution in [-0.2, 0) is 13.0 Å². The van der Waals surface area contributed by atoms with Crippen LogP contribution in [0.5, 0.6) is 0 Å². The summed E-state index contributed by atoms with van der Waals surface area (Å²) in [5.41, 5.74) is 3.65. The molecule has 5 heteroatoms. The minimum absolute atomic E-state index is 0.258. The Kier molecular flexibility index (Phi) is 3.88. The van der Waals surface area contributed by atoms with E-state index in [-0.39, 0.29) is 5.54 Å². The van der Waals surface area contributed by atoms with Gasteiger partial charge in [-0.1, -0.05) is 0 Å². The molecule has 0 radical (unpaired) electrons. The highest BCUT2D eigenvalue weighted by Gasteiger charge is 2.27. The first-order chi connectivity index (χ1) is 9.95. The zero-order valence-electron chi connectivity index (χ0n) is 13.7. The third-order valence-corrected chi connectivity index (χ3v) is 4.56. The van der Waals surface area contributed by atoms with Gasteiger partial charge in [0.05, 0.1) is 17.1 Å². The predicted octanol–water partition coefficient (Wildman–Crippen LogP) is 1.35. The topological polar surface area (TPSA) is 44.3 Å².